The van der Waals surface area contributed by atoms with Crippen LogP contribution in [0.2, 0.25) is 0 Å². The van der Waals surface area contributed by atoms with E-state index in [4.69, 9.17) is 0 Å². The van der Waals surface area contributed by atoms with Gasteiger partial charge in [0, 0.05) is 25.4 Å². The fraction of sp³-hybridized carbons (Fsp3) is 0.250. The number of H-pyrrole nitrogens is 1. The van der Waals surface area contributed by atoms with Gasteiger partial charge in [-0.25, -0.2) is 18.1 Å². The average molecular weight is 319 g/mol. The second kappa shape index (κ2) is 5.86. The largest absolute Gasteiger partial charge is 0.416 e. The fourth-order valence-corrected chi connectivity index (χ4v) is 2.68. The molecule has 0 fully saturated rings. The van der Waals surface area contributed by atoms with Crippen LogP contribution < -0.4 is 4.72 Å². The molecule has 2 N–H and O–H groups in total. The molecule has 0 radical (unpaired) electrons. The number of aromatic nitrogens is 2. The summed E-state index contributed by atoms with van der Waals surface area (Å²) in [6.45, 7) is 0.0941. The molecular weight excluding hydrogens is 307 g/mol. The number of rotatable bonds is 5. The first kappa shape index (κ1) is 15.5. The Morgan fingerprint density at radius 1 is 1.19 bits per heavy atom. The number of nitrogens with zero attached hydrogens (tertiary/aromatic N) is 1. The Balaban J connectivity index is 2.02. The summed E-state index contributed by atoms with van der Waals surface area (Å²) in [7, 11) is -3.83. The van der Waals surface area contributed by atoms with E-state index in [2.05, 4.69) is 14.7 Å². The number of alkyl halides is 3. The third-order valence-corrected chi connectivity index (χ3v) is 4.18. The third kappa shape index (κ3) is 4.05. The summed E-state index contributed by atoms with van der Waals surface area (Å²) < 4.78 is 63.3. The molecule has 0 aliphatic rings. The van der Waals surface area contributed by atoms with E-state index in [9.17, 15) is 21.6 Å². The lowest BCUT2D eigenvalue weighted by Crippen LogP contribution is -2.26. The van der Waals surface area contributed by atoms with Crippen LogP contribution in [0.15, 0.2) is 41.6 Å². The number of halogens is 3. The van der Waals surface area contributed by atoms with Crippen molar-refractivity contribution in [1.82, 2.24) is 14.7 Å². The van der Waals surface area contributed by atoms with E-state index in [-0.39, 0.29) is 11.4 Å². The Morgan fingerprint density at radius 3 is 2.38 bits per heavy atom. The molecule has 0 saturated heterocycles. The summed E-state index contributed by atoms with van der Waals surface area (Å²) in [5, 5.41) is 0. The normalized spacial score (nSPS) is 12.5. The highest BCUT2D eigenvalue weighted by Gasteiger charge is 2.30. The van der Waals surface area contributed by atoms with Crippen molar-refractivity contribution in [2.45, 2.75) is 17.5 Å². The molecule has 0 unspecified atom stereocenters. The van der Waals surface area contributed by atoms with E-state index >= 15 is 0 Å². The minimum atomic E-state index is -4.49. The van der Waals surface area contributed by atoms with E-state index < -0.39 is 21.8 Å². The van der Waals surface area contributed by atoms with Gasteiger partial charge in [0.05, 0.1) is 10.5 Å². The SMILES string of the molecule is O=S(=O)(NCCc1ncc[nH]1)c1ccc(C(F)(F)F)cc1. The molecule has 114 valence electrons. The van der Waals surface area contributed by atoms with Gasteiger partial charge < -0.3 is 4.98 Å². The minimum absolute atomic E-state index is 0.0941. The Kier molecular flexibility index (Phi) is 4.33. The van der Waals surface area contributed by atoms with Crippen LogP contribution >= 0.6 is 0 Å². The molecular formula is C12H12F3N3O2S. The Bertz CT molecular complexity index is 680. The lowest BCUT2D eigenvalue weighted by atomic mass is 10.2. The maximum absolute atomic E-state index is 12.4. The first-order valence-electron chi connectivity index (χ1n) is 5.94. The van der Waals surface area contributed by atoms with Crippen LogP contribution in [0.3, 0.4) is 0 Å². The maximum atomic E-state index is 12.4. The Hall–Kier alpha value is -1.87. The zero-order valence-electron chi connectivity index (χ0n) is 10.7. The number of benzene rings is 1. The third-order valence-electron chi connectivity index (χ3n) is 2.70. The van der Waals surface area contributed by atoms with Gasteiger partial charge in [0.25, 0.3) is 0 Å². The molecule has 1 aromatic carbocycles. The highest BCUT2D eigenvalue weighted by molar-refractivity contribution is 7.89. The van der Waals surface area contributed by atoms with Crippen LogP contribution in [0, 0.1) is 0 Å². The van der Waals surface area contributed by atoms with Crippen molar-refractivity contribution in [3.05, 3.63) is 48.0 Å². The summed E-state index contributed by atoms with van der Waals surface area (Å²) in [5.41, 5.74) is -0.892. The lowest BCUT2D eigenvalue weighted by molar-refractivity contribution is -0.137. The quantitative estimate of drug-likeness (QED) is 0.884. The van der Waals surface area contributed by atoms with Gasteiger partial charge in [-0.05, 0) is 24.3 Å². The van der Waals surface area contributed by atoms with Crippen LogP contribution in [0.1, 0.15) is 11.4 Å². The van der Waals surface area contributed by atoms with Crippen molar-refractivity contribution in [2.75, 3.05) is 6.54 Å². The first-order valence-corrected chi connectivity index (χ1v) is 7.42. The number of hydrogen-bond donors (Lipinski definition) is 2. The van der Waals surface area contributed by atoms with Crippen LogP contribution in [0.25, 0.3) is 0 Å². The van der Waals surface area contributed by atoms with E-state index in [1.54, 1.807) is 12.4 Å². The van der Waals surface area contributed by atoms with Crippen molar-refractivity contribution < 1.29 is 21.6 Å². The summed E-state index contributed by atoms with van der Waals surface area (Å²) in [5.74, 6) is 0.616. The number of aromatic amines is 1. The van der Waals surface area contributed by atoms with E-state index in [1.807, 2.05) is 0 Å². The molecule has 0 bridgehead atoms. The molecule has 0 atom stereocenters. The Morgan fingerprint density at radius 2 is 1.86 bits per heavy atom. The second-order valence-electron chi connectivity index (χ2n) is 4.21. The molecule has 0 aliphatic carbocycles. The van der Waals surface area contributed by atoms with Crippen LogP contribution in [-0.2, 0) is 22.6 Å². The zero-order chi connectivity index (χ0) is 15.5. The van der Waals surface area contributed by atoms with Crippen molar-refractivity contribution in [3.63, 3.8) is 0 Å². The van der Waals surface area contributed by atoms with Gasteiger partial charge in [0.1, 0.15) is 5.82 Å². The molecule has 0 spiro atoms. The minimum Gasteiger partial charge on any atom is -0.349 e. The van der Waals surface area contributed by atoms with Gasteiger partial charge in [-0.3, -0.25) is 0 Å². The van der Waals surface area contributed by atoms with Crippen molar-refractivity contribution in [2.24, 2.45) is 0 Å². The summed E-state index contributed by atoms with van der Waals surface area (Å²) in [6.07, 6.45) is -0.985. The summed E-state index contributed by atoms with van der Waals surface area (Å²) in [4.78, 5) is 6.54. The molecule has 0 saturated carbocycles. The molecule has 2 rings (SSSR count). The van der Waals surface area contributed by atoms with E-state index in [1.165, 1.54) is 0 Å². The molecule has 1 aromatic heterocycles. The fourth-order valence-electron chi connectivity index (χ4n) is 1.64. The number of sulfonamides is 1. The molecule has 0 aliphatic heterocycles. The highest BCUT2D eigenvalue weighted by atomic mass is 32.2. The van der Waals surface area contributed by atoms with Crippen LogP contribution in [0.4, 0.5) is 13.2 Å². The van der Waals surface area contributed by atoms with Gasteiger partial charge in [-0.1, -0.05) is 0 Å². The average Bonchev–Trinajstić information content (AvgIpc) is 2.91. The van der Waals surface area contributed by atoms with Gasteiger partial charge in [0.2, 0.25) is 10.0 Å². The predicted octanol–water partition coefficient (Wildman–Crippen LogP) is 1.95. The molecule has 21 heavy (non-hydrogen) atoms. The molecule has 1 heterocycles. The Labute approximate surface area is 119 Å². The number of nitrogens with one attached hydrogen (secondary N) is 2. The van der Waals surface area contributed by atoms with Crippen LogP contribution in [-0.4, -0.2) is 24.9 Å². The summed E-state index contributed by atoms with van der Waals surface area (Å²) >= 11 is 0. The van der Waals surface area contributed by atoms with Gasteiger partial charge in [-0.2, -0.15) is 13.2 Å². The van der Waals surface area contributed by atoms with Gasteiger partial charge >= 0.3 is 6.18 Å². The van der Waals surface area contributed by atoms with Gasteiger partial charge in [0.15, 0.2) is 0 Å². The molecule has 0 amide bonds. The topological polar surface area (TPSA) is 74.8 Å². The second-order valence-corrected chi connectivity index (χ2v) is 5.97. The monoisotopic (exact) mass is 319 g/mol. The lowest BCUT2D eigenvalue weighted by Gasteiger charge is -2.09. The number of hydrogen-bond acceptors (Lipinski definition) is 3. The smallest absolute Gasteiger partial charge is 0.349 e. The zero-order valence-corrected chi connectivity index (χ0v) is 11.5. The van der Waals surface area contributed by atoms with Crippen molar-refractivity contribution in [1.29, 1.82) is 0 Å². The molecule has 9 heteroatoms. The summed E-state index contributed by atoms with van der Waals surface area (Å²) in [6, 6.07) is 3.33. The van der Waals surface area contributed by atoms with E-state index in [0.717, 1.165) is 24.3 Å². The van der Waals surface area contributed by atoms with Crippen molar-refractivity contribution in [3.8, 4) is 0 Å². The van der Waals surface area contributed by atoms with Crippen molar-refractivity contribution >= 4 is 10.0 Å². The maximum Gasteiger partial charge on any atom is 0.416 e. The standard InChI is InChI=1S/C12H12F3N3O2S/c13-12(14,15)9-1-3-10(4-2-9)21(19,20)18-6-5-11-16-7-8-17-11/h1-4,7-8,18H,5-6H2,(H,16,17). The first-order chi connectivity index (χ1) is 9.79. The molecule has 5 nitrogen and oxygen atoms in total. The molecule has 2 aromatic rings. The highest BCUT2D eigenvalue weighted by Crippen LogP contribution is 2.29. The number of imidazole rings is 1. The predicted molar refractivity (Wildman–Crippen MR) is 68.9 cm³/mol. The van der Waals surface area contributed by atoms with Gasteiger partial charge in [-0.15, -0.1) is 0 Å². The van der Waals surface area contributed by atoms with Crippen LogP contribution in [0.5, 0.6) is 0 Å². The van der Waals surface area contributed by atoms with E-state index in [0.29, 0.717) is 12.2 Å².